The number of carbonyl (C=O) groups excluding carboxylic acids is 1. The van der Waals surface area contributed by atoms with E-state index in [0.29, 0.717) is 22.2 Å². The fourth-order valence-electron chi connectivity index (χ4n) is 3.61. The second kappa shape index (κ2) is 11.9. The van der Waals surface area contributed by atoms with Crippen LogP contribution in [0.15, 0.2) is 66.9 Å². The average Bonchev–Trinajstić information content (AvgIpc) is 2.83. The van der Waals surface area contributed by atoms with Crippen LogP contribution >= 0.6 is 23.2 Å². The molecule has 3 rings (SSSR count). The van der Waals surface area contributed by atoms with Gasteiger partial charge in [-0.25, -0.2) is 4.98 Å². The number of ether oxygens (including phenoxy) is 2. The molecule has 0 bridgehead atoms. The maximum absolute atomic E-state index is 13.2. The molecule has 2 unspecified atom stereocenters. The molecule has 0 aliphatic rings. The number of benzene rings is 2. The van der Waals surface area contributed by atoms with Gasteiger partial charge in [0, 0.05) is 28.1 Å². The van der Waals surface area contributed by atoms with Gasteiger partial charge in [-0.15, -0.1) is 0 Å². The number of hydrogen-bond acceptors (Lipinski definition) is 5. The first-order valence-corrected chi connectivity index (χ1v) is 11.9. The summed E-state index contributed by atoms with van der Waals surface area (Å²) in [6.45, 7) is 5.27. The Hall–Kier alpha value is -3.27. The minimum Gasteiger partial charge on any atom is -0.477 e. The summed E-state index contributed by atoms with van der Waals surface area (Å²) in [5.74, 6) is 0.403. The van der Waals surface area contributed by atoms with Gasteiger partial charge in [-0.05, 0) is 68.7 Å². The number of nitriles is 1. The highest BCUT2D eigenvalue weighted by Gasteiger charge is 2.33. The van der Waals surface area contributed by atoms with Gasteiger partial charge in [-0.2, -0.15) is 5.26 Å². The van der Waals surface area contributed by atoms with E-state index < -0.39 is 5.60 Å². The molecule has 0 saturated carbocycles. The molecule has 1 heterocycles. The predicted molar refractivity (Wildman–Crippen MR) is 137 cm³/mol. The lowest BCUT2D eigenvalue weighted by molar-refractivity contribution is -0.135. The standard InChI is InChI=1S/C27H27Cl2N3O3/c1-18(24(20-5-4-6-22(29)16-20)15-19-7-9-21(28)10-8-19)32-26(33)27(2,3)35-25-12-11-23(17-31-25)34-14-13-30/h4-12,16-18,24H,14-15H2,1-3H3,(H,32,33). The summed E-state index contributed by atoms with van der Waals surface area (Å²) in [4.78, 5) is 17.4. The molecule has 1 amide bonds. The zero-order valence-electron chi connectivity index (χ0n) is 19.8. The highest BCUT2D eigenvalue weighted by atomic mass is 35.5. The number of pyridine rings is 1. The second-order valence-electron chi connectivity index (χ2n) is 8.65. The zero-order valence-corrected chi connectivity index (χ0v) is 21.3. The molecule has 0 saturated heterocycles. The van der Waals surface area contributed by atoms with Crippen LogP contribution in [-0.4, -0.2) is 29.1 Å². The van der Waals surface area contributed by atoms with Gasteiger partial charge >= 0.3 is 0 Å². The van der Waals surface area contributed by atoms with Gasteiger partial charge in [-0.3, -0.25) is 4.79 Å². The molecule has 35 heavy (non-hydrogen) atoms. The molecule has 6 nitrogen and oxygen atoms in total. The van der Waals surface area contributed by atoms with E-state index in [4.69, 9.17) is 37.9 Å². The Labute approximate surface area is 215 Å². The second-order valence-corrected chi connectivity index (χ2v) is 9.52. The summed E-state index contributed by atoms with van der Waals surface area (Å²) in [5.41, 5.74) is 0.933. The third kappa shape index (κ3) is 7.61. The predicted octanol–water partition coefficient (Wildman–Crippen LogP) is 5.98. The van der Waals surface area contributed by atoms with Crippen LogP contribution < -0.4 is 14.8 Å². The van der Waals surface area contributed by atoms with E-state index in [2.05, 4.69) is 10.3 Å². The first-order chi connectivity index (χ1) is 16.7. The summed E-state index contributed by atoms with van der Waals surface area (Å²) < 4.78 is 11.1. The minimum absolute atomic E-state index is 0.0377. The van der Waals surface area contributed by atoms with Gasteiger partial charge in [0.25, 0.3) is 5.91 Å². The summed E-state index contributed by atoms with van der Waals surface area (Å²) in [7, 11) is 0. The van der Waals surface area contributed by atoms with Gasteiger partial charge in [-0.1, -0.05) is 47.5 Å². The normalized spacial score (nSPS) is 12.8. The first kappa shape index (κ1) is 26.3. The highest BCUT2D eigenvalue weighted by Crippen LogP contribution is 2.28. The third-order valence-electron chi connectivity index (χ3n) is 5.53. The number of nitrogens with zero attached hydrogens (tertiary/aromatic N) is 2. The number of rotatable bonds is 10. The Morgan fingerprint density at radius 1 is 1.11 bits per heavy atom. The molecule has 1 aromatic heterocycles. The van der Waals surface area contributed by atoms with Crippen molar-refractivity contribution in [3.05, 3.63) is 88.0 Å². The third-order valence-corrected chi connectivity index (χ3v) is 6.01. The Balaban J connectivity index is 1.73. The quantitative estimate of drug-likeness (QED) is 0.361. The van der Waals surface area contributed by atoms with Crippen molar-refractivity contribution in [2.75, 3.05) is 6.61 Å². The molecule has 0 radical (unpaired) electrons. The van der Waals surface area contributed by atoms with E-state index in [1.807, 2.05) is 61.5 Å². The van der Waals surface area contributed by atoms with E-state index in [9.17, 15) is 4.79 Å². The van der Waals surface area contributed by atoms with Gasteiger partial charge in [0.1, 0.15) is 11.8 Å². The number of aromatic nitrogens is 1. The van der Waals surface area contributed by atoms with Crippen LogP contribution in [0.4, 0.5) is 0 Å². The highest BCUT2D eigenvalue weighted by molar-refractivity contribution is 6.30. The summed E-state index contributed by atoms with van der Waals surface area (Å²) in [6, 6.07) is 20.3. The number of halogens is 2. The summed E-state index contributed by atoms with van der Waals surface area (Å²) in [5, 5.41) is 13.0. The van der Waals surface area contributed by atoms with Gasteiger partial charge < -0.3 is 14.8 Å². The Bertz CT molecular complexity index is 1180. The van der Waals surface area contributed by atoms with E-state index >= 15 is 0 Å². The van der Waals surface area contributed by atoms with E-state index in [1.54, 1.807) is 26.0 Å². The number of amides is 1. The SMILES string of the molecule is CC(NC(=O)C(C)(C)Oc1ccc(OCC#N)cn1)C(Cc1ccc(Cl)cc1)c1cccc(Cl)c1. The average molecular weight is 512 g/mol. The smallest absolute Gasteiger partial charge is 0.263 e. The van der Waals surface area contributed by atoms with Crippen LogP contribution in [0.5, 0.6) is 11.6 Å². The molecule has 182 valence electrons. The molecule has 0 aliphatic carbocycles. The number of nitrogens with one attached hydrogen (secondary N) is 1. The van der Waals surface area contributed by atoms with Crippen LogP contribution in [0.1, 0.15) is 37.8 Å². The van der Waals surface area contributed by atoms with Crippen molar-refractivity contribution in [1.29, 1.82) is 5.26 Å². The molecule has 0 spiro atoms. The summed E-state index contributed by atoms with van der Waals surface area (Å²) >= 11 is 12.3. The van der Waals surface area contributed by atoms with Crippen molar-refractivity contribution in [1.82, 2.24) is 10.3 Å². The van der Waals surface area contributed by atoms with Gasteiger partial charge in [0.05, 0.1) is 6.20 Å². The van der Waals surface area contributed by atoms with Crippen molar-refractivity contribution in [3.63, 3.8) is 0 Å². The lowest BCUT2D eigenvalue weighted by atomic mass is 9.86. The van der Waals surface area contributed by atoms with Crippen molar-refractivity contribution >= 4 is 29.1 Å². The molecule has 0 fully saturated rings. The van der Waals surface area contributed by atoms with Crippen molar-refractivity contribution in [2.24, 2.45) is 0 Å². The van der Waals surface area contributed by atoms with Crippen LogP contribution in [0, 0.1) is 11.3 Å². The molecule has 2 atom stereocenters. The van der Waals surface area contributed by atoms with Crippen molar-refractivity contribution in [3.8, 4) is 17.7 Å². The maximum Gasteiger partial charge on any atom is 0.263 e. The molecule has 1 N–H and O–H groups in total. The Kier molecular flexibility index (Phi) is 8.97. The number of carbonyl (C=O) groups is 1. The molecule has 2 aromatic carbocycles. The zero-order chi connectivity index (χ0) is 25.4. The van der Waals surface area contributed by atoms with E-state index in [1.165, 1.54) is 6.20 Å². The van der Waals surface area contributed by atoms with E-state index in [-0.39, 0.29) is 30.4 Å². The fourth-order valence-corrected chi connectivity index (χ4v) is 3.94. The van der Waals surface area contributed by atoms with Crippen LogP contribution in [0.3, 0.4) is 0 Å². The van der Waals surface area contributed by atoms with Gasteiger partial charge in [0.2, 0.25) is 5.88 Å². The minimum atomic E-state index is -1.19. The topological polar surface area (TPSA) is 84.2 Å². The molecular formula is C27H27Cl2N3O3. The number of hydrogen-bond donors (Lipinski definition) is 1. The molecule has 0 aliphatic heterocycles. The first-order valence-electron chi connectivity index (χ1n) is 11.1. The molecule has 8 heteroatoms. The monoisotopic (exact) mass is 511 g/mol. The van der Waals surface area contributed by atoms with Gasteiger partial charge in [0.15, 0.2) is 12.2 Å². The fraction of sp³-hybridized carbons (Fsp3) is 0.296. The van der Waals surface area contributed by atoms with Crippen molar-refractivity contribution < 1.29 is 14.3 Å². The lowest BCUT2D eigenvalue weighted by Gasteiger charge is -2.30. The van der Waals surface area contributed by atoms with E-state index in [0.717, 1.165) is 11.1 Å². The maximum atomic E-state index is 13.2. The van der Waals surface area contributed by atoms with Crippen molar-refractivity contribution in [2.45, 2.75) is 44.8 Å². The largest absolute Gasteiger partial charge is 0.477 e. The summed E-state index contributed by atoms with van der Waals surface area (Å²) in [6.07, 6.45) is 2.14. The lowest BCUT2D eigenvalue weighted by Crippen LogP contribution is -2.51. The van der Waals surface area contributed by atoms with Crippen LogP contribution in [0.25, 0.3) is 0 Å². The molecular weight excluding hydrogens is 485 g/mol. The van der Waals surface area contributed by atoms with Crippen LogP contribution in [-0.2, 0) is 11.2 Å². The molecule has 3 aromatic rings. The Morgan fingerprint density at radius 2 is 1.86 bits per heavy atom. The van der Waals surface area contributed by atoms with Crippen LogP contribution in [0.2, 0.25) is 10.0 Å². The Morgan fingerprint density at radius 3 is 2.49 bits per heavy atom.